The Balaban J connectivity index is 0.716. The number of amides is 2. The van der Waals surface area contributed by atoms with Crippen molar-refractivity contribution in [3.05, 3.63) is 44.7 Å². The van der Waals surface area contributed by atoms with Gasteiger partial charge in [0, 0.05) is 55.1 Å². The molecule has 2 bridgehead atoms. The summed E-state index contributed by atoms with van der Waals surface area (Å²) in [4.78, 5) is 46.9. The van der Waals surface area contributed by atoms with Gasteiger partial charge in [0.15, 0.2) is 22.7 Å². The molecular weight excluding hydrogens is 1040 g/mol. The first kappa shape index (κ1) is 61.8. The predicted molar refractivity (Wildman–Crippen MR) is 264 cm³/mol. The molecule has 1 aromatic heterocycles. The van der Waals surface area contributed by atoms with E-state index in [1.807, 2.05) is 17.9 Å². The van der Waals surface area contributed by atoms with Crippen molar-refractivity contribution in [2.24, 2.45) is 10.7 Å². The molecule has 1 unspecified atom stereocenters. The van der Waals surface area contributed by atoms with E-state index in [2.05, 4.69) is 26.0 Å². The second kappa shape index (κ2) is 34.6. The van der Waals surface area contributed by atoms with Gasteiger partial charge in [-0.05, 0) is 25.0 Å². The molecule has 2 saturated heterocycles. The van der Waals surface area contributed by atoms with Crippen molar-refractivity contribution < 1.29 is 92.8 Å². The third-order valence-corrected chi connectivity index (χ3v) is 13.2. The van der Waals surface area contributed by atoms with Gasteiger partial charge < -0.3 is 72.6 Å². The minimum Gasteiger partial charge on any atom is -0.420 e. The van der Waals surface area contributed by atoms with Crippen molar-refractivity contribution >= 4 is 57.8 Å². The number of amidine groups is 1. The molecule has 0 radical (unpaired) electrons. The summed E-state index contributed by atoms with van der Waals surface area (Å²) in [5.41, 5.74) is 7.58. The van der Waals surface area contributed by atoms with Crippen LogP contribution in [0, 0.1) is 23.3 Å². The van der Waals surface area contributed by atoms with E-state index in [-0.39, 0.29) is 50.9 Å². The average molecular weight is 1110 g/mol. The zero-order chi connectivity index (χ0) is 53.8. The van der Waals surface area contributed by atoms with Crippen LogP contribution >= 0.6 is 11.3 Å². The number of nitrogens with one attached hydrogen (secondary N) is 1. The van der Waals surface area contributed by atoms with Gasteiger partial charge in [-0.3, -0.25) is 19.3 Å². The lowest BCUT2D eigenvalue weighted by atomic mass is 10.1. The number of carbonyl (C=O) groups excluding carboxylic acids is 3. The van der Waals surface area contributed by atoms with Crippen LogP contribution in [-0.2, 0) is 79.4 Å². The molecule has 4 heterocycles. The first-order chi connectivity index (χ1) is 36.4. The normalized spacial score (nSPS) is 16.7. The number of halogens is 4. The van der Waals surface area contributed by atoms with E-state index in [4.69, 9.17) is 57.7 Å². The molecule has 21 nitrogen and oxygen atoms in total. The van der Waals surface area contributed by atoms with Crippen LogP contribution in [0.1, 0.15) is 48.8 Å². The molecule has 2 amide bonds. The summed E-state index contributed by atoms with van der Waals surface area (Å²) in [5, 5.41) is 2.93. The number of hydrogen-bond acceptors (Lipinski definition) is 19. The minimum atomic E-state index is -3.35. The van der Waals surface area contributed by atoms with Gasteiger partial charge in [0.2, 0.25) is 29.2 Å². The molecule has 1 aromatic carbocycles. The Morgan fingerprint density at radius 1 is 0.707 bits per heavy atom. The summed E-state index contributed by atoms with van der Waals surface area (Å²) < 4.78 is 134. The number of aliphatic imine (C=N–C) groups is 1. The van der Waals surface area contributed by atoms with E-state index in [0.29, 0.717) is 142 Å². The van der Waals surface area contributed by atoms with Crippen LogP contribution in [0.4, 0.5) is 23.2 Å². The summed E-state index contributed by atoms with van der Waals surface area (Å²) in [5.74, 6) is -11.0. The van der Waals surface area contributed by atoms with Crippen molar-refractivity contribution in [1.29, 1.82) is 0 Å². The van der Waals surface area contributed by atoms with Gasteiger partial charge in [-0.1, -0.05) is 6.92 Å². The van der Waals surface area contributed by atoms with Crippen LogP contribution in [0.15, 0.2) is 21.5 Å². The second-order valence-corrected chi connectivity index (χ2v) is 19.0. The topological polar surface area (TPSA) is 247 Å². The first-order valence-corrected chi connectivity index (χ1v) is 26.7. The fourth-order valence-corrected chi connectivity index (χ4v) is 9.38. The zero-order valence-corrected chi connectivity index (χ0v) is 43.8. The number of benzene rings is 1. The van der Waals surface area contributed by atoms with E-state index in [1.165, 1.54) is 0 Å². The van der Waals surface area contributed by atoms with Gasteiger partial charge in [-0.15, -0.1) is 11.3 Å². The fourth-order valence-electron chi connectivity index (χ4n) is 7.80. The molecule has 0 spiro atoms. The molecule has 0 saturated carbocycles. The van der Waals surface area contributed by atoms with Crippen LogP contribution in [0.25, 0.3) is 6.08 Å². The zero-order valence-electron chi connectivity index (χ0n) is 42.1. The van der Waals surface area contributed by atoms with E-state index >= 15 is 0 Å². The standard InChI is InChI=1S/C48H69F4N5O16S2/c1-2-5-54-48(60)33-26-38-37(55-39(53)27-33)29-36(74-38)32-56-30-35-28-34(56)31-57(35)40(58)3-6-63-8-10-65-12-14-67-16-18-69-20-22-71-24-25-72-23-21-70-19-17-68-15-13-66-11-9-64-7-4-41(59)73-46-42(49)44(51)47(75(61)62)45(52)43(46)50/h26,29,34-35H,2-25,27-28,30-32H2,1H3,(H2,53,55)(H,54,60)(H,61,62)/t34-,35-/m1/s1. The molecule has 422 valence electrons. The summed E-state index contributed by atoms with van der Waals surface area (Å²) in [6.45, 7) is 11.4. The highest BCUT2D eigenvalue weighted by Gasteiger charge is 2.45. The fraction of sp³-hybridized carbons (Fsp3) is 0.667. The van der Waals surface area contributed by atoms with Crippen molar-refractivity contribution in [2.75, 3.05) is 152 Å². The number of nitrogens with two attached hydrogens (primary N) is 1. The number of hydrogen-bond donors (Lipinski definition) is 3. The smallest absolute Gasteiger partial charge is 0.313 e. The highest BCUT2D eigenvalue weighted by Crippen LogP contribution is 2.38. The molecule has 2 aromatic rings. The summed E-state index contributed by atoms with van der Waals surface area (Å²) >= 11 is -1.72. The SMILES string of the molecule is CCCNC(=O)C1=Cc2sc(CN3C[C@H]4C[C@@H]3CN4C(=O)CCOCCOCCOCCOCCOCCOCCOCCOCCOCCOCCC(=O)Oc3c(F)c(F)c(S(=O)O)c(F)c3F)cc2N=C(N)C1. The van der Waals surface area contributed by atoms with Gasteiger partial charge in [0.1, 0.15) is 10.7 Å². The second-order valence-electron chi connectivity index (χ2n) is 16.9. The molecule has 4 N–H and O–H groups in total. The number of fused-ring (bicyclic) bond motifs is 3. The van der Waals surface area contributed by atoms with E-state index in [9.17, 15) is 36.2 Å². The Morgan fingerprint density at radius 2 is 1.17 bits per heavy atom. The molecule has 75 heavy (non-hydrogen) atoms. The lowest BCUT2D eigenvalue weighted by Gasteiger charge is -2.34. The molecule has 27 heteroatoms. The summed E-state index contributed by atoms with van der Waals surface area (Å²) in [6, 6.07) is 2.57. The Labute approximate surface area is 439 Å². The Kier molecular flexibility index (Phi) is 28.5. The van der Waals surface area contributed by atoms with Crippen LogP contribution in [0.5, 0.6) is 5.75 Å². The number of carbonyl (C=O) groups is 3. The number of esters is 1. The largest absolute Gasteiger partial charge is 0.420 e. The molecule has 0 aliphatic carbocycles. The van der Waals surface area contributed by atoms with Crippen LogP contribution < -0.4 is 15.8 Å². The maximum atomic E-state index is 14.0. The number of nitrogens with zero attached hydrogens (tertiary/aromatic N) is 3. The maximum absolute atomic E-state index is 14.0. The predicted octanol–water partition coefficient (Wildman–Crippen LogP) is 3.52. The molecule has 3 aliphatic rings. The third-order valence-electron chi connectivity index (χ3n) is 11.4. The Morgan fingerprint density at radius 3 is 1.61 bits per heavy atom. The number of piperazine rings is 1. The lowest BCUT2D eigenvalue weighted by Crippen LogP contribution is -2.48. The number of ether oxygens (including phenoxy) is 11. The van der Waals surface area contributed by atoms with E-state index < -0.39 is 57.4 Å². The maximum Gasteiger partial charge on any atom is 0.313 e. The summed E-state index contributed by atoms with van der Waals surface area (Å²) in [7, 11) is 0. The van der Waals surface area contributed by atoms with Crippen LogP contribution in [0.2, 0.25) is 0 Å². The van der Waals surface area contributed by atoms with E-state index in [0.717, 1.165) is 41.4 Å². The van der Waals surface area contributed by atoms with Gasteiger partial charge >= 0.3 is 5.97 Å². The highest BCUT2D eigenvalue weighted by atomic mass is 32.2. The van der Waals surface area contributed by atoms with Crippen molar-refractivity contribution in [1.82, 2.24) is 15.1 Å². The summed E-state index contributed by atoms with van der Waals surface area (Å²) in [6.07, 6.45) is 3.88. The van der Waals surface area contributed by atoms with Gasteiger partial charge in [0.25, 0.3) is 0 Å². The molecule has 3 atom stereocenters. The number of thiophene rings is 1. The first-order valence-electron chi connectivity index (χ1n) is 24.8. The van der Waals surface area contributed by atoms with E-state index in [1.54, 1.807) is 11.3 Å². The molecule has 2 fully saturated rings. The van der Waals surface area contributed by atoms with Crippen LogP contribution in [-0.4, -0.2) is 206 Å². The monoisotopic (exact) mass is 1110 g/mol. The van der Waals surface area contributed by atoms with Gasteiger partial charge in [-0.25, -0.2) is 18.0 Å². The Hall–Kier alpha value is -4.07. The lowest BCUT2D eigenvalue weighted by molar-refractivity contribution is -0.136. The third kappa shape index (κ3) is 21.4. The van der Waals surface area contributed by atoms with Crippen molar-refractivity contribution in [2.45, 2.75) is 62.6 Å². The molecule has 3 aliphatic heterocycles. The minimum absolute atomic E-state index is 0.0562. The molecule has 5 rings (SSSR count). The quantitative estimate of drug-likeness (QED) is 0.0216. The number of likely N-dealkylation sites (tertiary alicyclic amines) is 2. The van der Waals surface area contributed by atoms with Crippen molar-refractivity contribution in [3.8, 4) is 5.75 Å². The molecular formula is C48H69F4N5O16S2. The van der Waals surface area contributed by atoms with Gasteiger partial charge in [0.05, 0.1) is 156 Å². The Bertz CT molecular complexity index is 2170. The average Bonchev–Trinajstić information content (AvgIpc) is 4.07. The van der Waals surface area contributed by atoms with Crippen LogP contribution in [0.3, 0.4) is 0 Å². The van der Waals surface area contributed by atoms with Gasteiger partial charge in [-0.2, -0.15) is 8.78 Å². The van der Waals surface area contributed by atoms with Crippen molar-refractivity contribution in [3.63, 3.8) is 0 Å². The highest BCUT2D eigenvalue weighted by molar-refractivity contribution is 7.79. The number of rotatable bonds is 40.